The van der Waals surface area contributed by atoms with Gasteiger partial charge in [-0.25, -0.2) is 4.98 Å². The molecule has 0 atom stereocenters. The van der Waals surface area contributed by atoms with Gasteiger partial charge in [0.25, 0.3) is 0 Å². The van der Waals surface area contributed by atoms with Crippen molar-refractivity contribution in [3.63, 3.8) is 0 Å². The second-order valence-electron chi connectivity index (χ2n) is 18.4. The second-order valence-corrected chi connectivity index (χ2v) is 19.4. The van der Waals surface area contributed by atoms with Gasteiger partial charge in [-0.3, -0.25) is 9.78 Å². The van der Waals surface area contributed by atoms with Crippen molar-refractivity contribution in [3.8, 4) is 32.8 Å². The first kappa shape index (κ1) is 45.1. The number of aromatic nitrogens is 2. The molecule has 0 aliphatic heterocycles. The van der Waals surface area contributed by atoms with Crippen LogP contribution in [0.4, 0.5) is 0 Å². The molecule has 2 aromatic heterocycles. The van der Waals surface area contributed by atoms with E-state index >= 15 is 0 Å². The molecule has 0 amide bonds. The Morgan fingerprint density at radius 1 is 0.776 bits per heavy atom. The summed E-state index contributed by atoms with van der Waals surface area (Å²) in [6.45, 7) is 26.5. The fourth-order valence-electron chi connectivity index (χ4n) is 8.16. The number of thiophene rings is 1. The molecule has 1 radical (unpaired) electrons. The number of aliphatic hydroxyl groups excluding tert-OH is 1. The normalized spacial score (nSPS) is 13.7. The van der Waals surface area contributed by atoms with Gasteiger partial charge in [0.05, 0.1) is 5.76 Å². The summed E-state index contributed by atoms with van der Waals surface area (Å²) in [5, 5.41) is 13.3. The molecular weight excluding hydrogens is 909 g/mol. The Balaban J connectivity index is 0.000000344. The predicted octanol–water partition coefficient (Wildman–Crippen LogP) is 14.7. The van der Waals surface area contributed by atoms with E-state index in [9.17, 15) is 9.90 Å². The van der Waals surface area contributed by atoms with E-state index in [2.05, 4.69) is 134 Å². The summed E-state index contributed by atoms with van der Waals surface area (Å²) in [5.41, 5.74) is 11.2. The monoisotopic (exact) mass is 970 g/mol. The number of aliphatic hydroxyl groups is 1. The van der Waals surface area contributed by atoms with Gasteiger partial charge in [0, 0.05) is 54.0 Å². The number of nitrogens with zero attached hydrogens (tertiary/aromatic N) is 2. The summed E-state index contributed by atoms with van der Waals surface area (Å²) in [7, 11) is 0. The molecule has 1 aliphatic carbocycles. The number of ketones is 1. The van der Waals surface area contributed by atoms with Gasteiger partial charge in [0.15, 0.2) is 5.78 Å². The molecule has 0 unspecified atom stereocenters. The van der Waals surface area contributed by atoms with E-state index < -0.39 is 0 Å². The number of rotatable bonds is 9. The third kappa shape index (κ3) is 8.95. The number of carbonyl (C=O) groups is 1. The van der Waals surface area contributed by atoms with Gasteiger partial charge in [-0.2, -0.15) is 0 Å². The van der Waals surface area contributed by atoms with Gasteiger partial charge in [-0.1, -0.05) is 160 Å². The van der Waals surface area contributed by atoms with Gasteiger partial charge in [-0.15, -0.1) is 34.9 Å². The van der Waals surface area contributed by atoms with Crippen LogP contribution in [0.5, 0.6) is 0 Å². The Bertz CT molecular complexity index is 2400. The second kappa shape index (κ2) is 17.7. The Morgan fingerprint density at radius 2 is 1.34 bits per heavy atom. The third-order valence-corrected chi connectivity index (χ3v) is 13.2. The van der Waals surface area contributed by atoms with Crippen LogP contribution in [0.3, 0.4) is 0 Å². The van der Waals surface area contributed by atoms with Crippen LogP contribution in [-0.4, -0.2) is 20.9 Å². The molecule has 4 nitrogen and oxygen atoms in total. The summed E-state index contributed by atoms with van der Waals surface area (Å²) in [6.07, 6.45) is 6.62. The zero-order valence-corrected chi connectivity index (χ0v) is 39.8. The van der Waals surface area contributed by atoms with E-state index in [0.717, 1.165) is 47.2 Å². The largest absolute Gasteiger partial charge is 0.512 e. The number of carbonyl (C=O) groups excluding carboxylic acids is 1. The number of allylic oxidation sites excluding steroid dienone is 2. The van der Waals surface area contributed by atoms with Crippen LogP contribution in [-0.2, 0) is 41.1 Å². The van der Waals surface area contributed by atoms with Crippen molar-refractivity contribution in [2.24, 2.45) is 11.8 Å². The molecular formula is C52H61IrN2O2S-. The fraction of sp³-hybridized carbons (Fsp3) is 0.404. The minimum atomic E-state index is -0.220. The summed E-state index contributed by atoms with van der Waals surface area (Å²) in [4.78, 5) is 23.6. The average Bonchev–Trinajstić information content (AvgIpc) is 3.59. The molecule has 7 rings (SSSR count). The van der Waals surface area contributed by atoms with Crippen molar-refractivity contribution in [2.75, 3.05) is 0 Å². The Kier molecular flexibility index (Phi) is 13.8. The minimum Gasteiger partial charge on any atom is -0.512 e. The molecule has 58 heavy (non-hydrogen) atoms. The van der Waals surface area contributed by atoms with Crippen molar-refractivity contribution in [1.29, 1.82) is 0 Å². The molecule has 0 fully saturated rings. The van der Waals surface area contributed by atoms with Gasteiger partial charge in [0.1, 0.15) is 11.2 Å². The van der Waals surface area contributed by atoms with Crippen LogP contribution >= 0.6 is 11.3 Å². The topological polar surface area (TPSA) is 63.1 Å². The fourth-order valence-corrected chi connectivity index (χ4v) is 9.46. The Hall–Kier alpha value is -3.96. The minimum absolute atomic E-state index is 0. The third-order valence-electron chi connectivity index (χ3n) is 12.0. The molecule has 0 saturated heterocycles. The first-order valence-corrected chi connectivity index (χ1v) is 21.7. The smallest absolute Gasteiger partial charge is 0.162 e. The van der Waals surface area contributed by atoms with Crippen LogP contribution in [0.15, 0.2) is 91.0 Å². The van der Waals surface area contributed by atoms with Crippen molar-refractivity contribution in [3.05, 3.63) is 119 Å². The maximum absolute atomic E-state index is 11.7. The van der Waals surface area contributed by atoms with Crippen molar-refractivity contribution in [2.45, 2.75) is 125 Å². The van der Waals surface area contributed by atoms with Crippen molar-refractivity contribution in [1.82, 2.24) is 9.97 Å². The number of hydrogen-bond donors (Lipinski definition) is 1. The molecule has 0 spiro atoms. The predicted molar refractivity (Wildman–Crippen MR) is 243 cm³/mol. The SMILES string of the molecule is CC(C)(C)c1cc(-c2ccc(-c3sc4ncnc5c4c3C(C)(C)c3cc4ccccc4[c-]c3-5)cc2)cc(C(C)(C)C)c1.CCC(CC)C(=O)/C=C(\O)C(CC)CC.[Ir]. The number of hydrogen-bond acceptors (Lipinski definition) is 5. The molecule has 1 aliphatic rings. The van der Waals surface area contributed by atoms with Crippen LogP contribution in [0.25, 0.3) is 53.8 Å². The van der Waals surface area contributed by atoms with E-state index in [-0.39, 0.29) is 59.7 Å². The van der Waals surface area contributed by atoms with Crippen LogP contribution in [0, 0.1) is 17.9 Å². The van der Waals surface area contributed by atoms with Gasteiger partial charge >= 0.3 is 0 Å². The molecule has 307 valence electrons. The summed E-state index contributed by atoms with van der Waals surface area (Å²) >= 11 is 1.78. The molecule has 6 aromatic rings. The van der Waals surface area contributed by atoms with Crippen LogP contribution in [0.1, 0.15) is 131 Å². The molecule has 1 N–H and O–H groups in total. The van der Waals surface area contributed by atoms with Gasteiger partial charge < -0.3 is 5.11 Å². The molecule has 0 saturated carbocycles. The van der Waals surface area contributed by atoms with E-state index in [1.165, 1.54) is 60.7 Å². The van der Waals surface area contributed by atoms with E-state index in [1.54, 1.807) is 17.7 Å². The first-order valence-electron chi connectivity index (χ1n) is 20.9. The summed E-state index contributed by atoms with van der Waals surface area (Å²) in [5.74, 6) is 0.547. The number of fused-ring (bicyclic) bond motifs is 3. The van der Waals surface area contributed by atoms with E-state index in [0.29, 0.717) is 0 Å². The first-order chi connectivity index (χ1) is 26.9. The summed E-state index contributed by atoms with van der Waals surface area (Å²) < 4.78 is 0. The quantitative estimate of drug-likeness (QED) is 0.0891. The van der Waals surface area contributed by atoms with Gasteiger partial charge in [-0.05, 0) is 75.3 Å². The molecule has 2 heterocycles. The average molecular weight is 970 g/mol. The van der Waals surface area contributed by atoms with Crippen molar-refractivity contribution >= 4 is 38.1 Å². The van der Waals surface area contributed by atoms with Gasteiger partial charge in [0.2, 0.25) is 0 Å². The van der Waals surface area contributed by atoms with Crippen LogP contribution in [0.2, 0.25) is 0 Å². The van der Waals surface area contributed by atoms with Crippen molar-refractivity contribution < 1.29 is 30.0 Å². The molecule has 4 aromatic carbocycles. The Labute approximate surface area is 365 Å². The van der Waals surface area contributed by atoms with E-state index in [4.69, 9.17) is 9.97 Å². The maximum atomic E-state index is 11.7. The number of benzene rings is 4. The van der Waals surface area contributed by atoms with E-state index in [1.807, 2.05) is 27.7 Å². The zero-order chi connectivity index (χ0) is 41.4. The Morgan fingerprint density at radius 3 is 1.91 bits per heavy atom. The maximum Gasteiger partial charge on any atom is 0.162 e. The molecule has 6 heteroatoms. The molecule has 0 bridgehead atoms. The summed E-state index contributed by atoms with van der Waals surface area (Å²) in [6, 6.07) is 30.9. The van der Waals surface area contributed by atoms with Crippen LogP contribution < -0.4 is 0 Å². The standard InChI is InChI=1S/C39H37N2S.C13H24O2.Ir/c1-37(2,3)28-17-27(18-29(21-28)38(4,5)6)23-13-15-24(16-14-23)35-33-32-34(40-22-41-36(32)42-35)30-19-25-11-9-10-12-26(25)20-31(30)39(33,7)8;1-5-10(6-2)12(14)9-13(15)11(7-3)8-4;/h9-18,20-22H,1-8H3;9-11,14H,5-8H2,1-4H3;/q-1;;/b;12-9-;. The zero-order valence-electron chi connectivity index (χ0n) is 36.6.